The third-order valence-electron chi connectivity index (χ3n) is 4.10. The summed E-state index contributed by atoms with van der Waals surface area (Å²) in [6, 6.07) is 0.576. The van der Waals surface area contributed by atoms with Crippen molar-refractivity contribution in [1.29, 1.82) is 0 Å². The van der Waals surface area contributed by atoms with Gasteiger partial charge in [0, 0.05) is 25.0 Å². The molecule has 2 heterocycles. The average Bonchev–Trinajstić information content (AvgIpc) is 2.30. The van der Waals surface area contributed by atoms with E-state index in [9.17, 15) is 4.79 Å². The number of rotatable bonds is 0. The molecule has 1 amide bonds. The van der Waals surface area contributed by atoms with E-state index < -0.39 is 5.60 Å². The number of thioether (sulfide) groups is 1. The molecule has 2 saturated heterocycles. The van der Waals surface area contributed by atoms with Crippen molar-refractivity contribution in [1.82, 2.24) is 10.2 Å². The molecular weight excluding hydrogens is 272 g/mol. The number of piperidine rings is 1. The van der Waals surface area contributed by atoms with Crippen molar-refractivity contribution in [3.05, 3.63) is 0 Å². The molecule has 4 nitrogen and oxygen atoms in total. The highest BCUT2D eigenvalue weighted by Crippen LogP contribution is 2.41. The minimum atomic E-state index is -0.415. The summed E-state index contributed by atoms with van der Waals surface area (Å²) in [7, 11) is 0. The van der Waals surface area contributed by atoms with Crippen LogP contribution < -0.4 is 5.32 Å². The number of carbonyl (C=O) groups excluding carboxylic acids is 1. The van der Waals surface area contributed by atoms with Gasteiger partial charge < -0.3 is 9.64 Å². The van der Waals surface area contributed by atoms with Crippen molar-refractivity contribution < 1.29 is 9.53 Å². The molecule has 2 aliphatic heterocycles. The summed E-state index contributed by atoms with van der Waals surface area (Å²) in [6.07, 6.45) is 2.06. The van der Waals surface area contributed by atoms with Crippen molar-refractivity contribution in [2.45, 2.75) is 64.0 Å². The monoisotopic (exact) mass is 300 g/mol. The van der Waals surface area contributed by atoms with E-state index in [2.05, 4.69) is 19.2 Å². The molecule has 2 fully saturated rings. The number of carbonyl (C=O) groups is 1. The zero-order valence-corrected chi connectivity index (χ0v) is 14.2. The molecule has 0 aromatic rings. The Bertz CT molecular complexity index is 369. The molecular formula is C15H28N2O2S. The smallest absolute Gasteiger partial charge is 0.410 e. The second-order valence-electron chi connectivity index (χ2n) is 7.15. The van der Waals surface area contributed by atoms with Gasteiger partial charge in [-0.15, -0.1) is 11.8 Å². The molecule has 3 atom stereocenters. The highest BCUT2D eigenvalue weighted by atomic mass is 32.2. The van der Waals surface area contributed by atoms with Crippen LogP contribution in [0.1, 0.15) is 47.5 Å². The van der Waals surface area contributed by atoms with E-state index in [4.69, 9.17) is 4.74 Å². The Morgan fingerprint density at radius 2 is 2.10 bits per heavy atom. The van der Waals surface area contributed by atoms with Crippen molar-refractivity contribution in [2.24, 2.45) is 5.92 Å². The summed E-state index contributed by atoms with van der Waals surface area (Å²) in [5.74, 6) is 1.65. The van der Waals surface area contributed by atoms with Gasteiger partial charge in [-0.1, -0.05) is 6.92 Å². The molecule has 0 saturated carbocycles. The predicted molar refractivity (Wildman–Crippen MR) is 84.0 cm³/mol. The highest BCUT2D eigenvalue weighted by Gasteiger charge is 2.45. The summed E-state index contributed by atoms with van der Waals surface area (Å²) < 4.78 is 5.48. The third kappa shape index (κ3) is 3.61. The molecule has 0 bridgehead atoms. The number of hydrogen-bond donors (Lipinski definition) is 1. The highest BCUT2D eigenvalue weighted by molar-refractivity contribution is 8.00. The molecule has 0 aromatic carbocycles. The minimum Gasteiger partial charge on any atom is -0.444 e. The molecule has 0 aromatic heterocycles. The maximum atomic E-state index is 12.2. The minimum absolute atomic E-state index is 0.149. The lowest BCUT2D eigenvalue weighted by Gasteiger charge is -2.50. The fraction of sp³-hybridized carbons (Fsp3) is 0.933. The van der Waals surface area contributed by atoms with Gasteiger partial charge in [0.15, 0.2) is 0 Å². The maximum absolute atomic E-state index is 12.2. The number of amides is 1. The second kappa shape index (κ2) is 5.76. The van der Waals surface area contributed by atoms with Gasteiger partial charge in [0.2, 0.25) is 0 Å². The number of nitrogens with one attached hydrogen (secondary N) is 1. The summed E-state index contributed by atoms with van der Waals surface area (Å²) in [6.45, 7) is 11.8. The number of hydrogen-bond acceptors (Lipinski definition) is 4. The lowest BCUT2D eigenvalue weighted by molar-refractivity contribution is 0.0116. The number of ether oxygens (including phenoxy) is 1. The SMILES string of the molecule is CC1CCSC2(CCN(C(=O)OC(C)(C)C)CC2C)N1. The molecule has 2 aliphatic rings. The van der Waals surface area contributed by atoms with Crippen LogP contribution in [-0.2, 0) is 4.74 Å². The molecule has 5 heteroatoms. The normalized spacial score (nSPS) is 35.1. The van der Waals surface area contributed by atoms with Gasteiger partial charge in [0.05, 0.1) is 4.87 Å². The van der Waals surface area contributed by atoms with Crippen LogP contribution in [0.4, 0.5) is 4.79 Å². The molecule has 1 spiro atoms. The summed E-state index contributed by atoms with van der Waals surface area (Å²) in [4.78, 5) is 14.2. The van der Waals surface area contributed by atoms with E-state index in [1.54, 1.807) is 0 Å². The largest absolute Gasteiger partial charge is 0.444 e. The first-order valence-corrected chi connectivity index (χ1v) is 8.60. The van der Waals surface area contributed by atoms with Crippen molar-refractivity contribution in [2.75, 3.05) is 18.8 Å². The van der Waals surface area contributed by atoms with Gasteiger partial charge in [-0.05, 0) is 46.3 Å². The predicted octanol–water partition coefficient (Wildman–Crippen LogP) is 3.07. The van der Waals surface area contributed by atoms with Crippen LogP contribution in [0, 0.1) is 5.92 Å². The van der Waals surface area contributed by atoms with E-state index in [0.717, 1.165) is 19.5 Å². The molecule has 116 valence electrons. The topological polar surface area (TPSA) is 41.6 Å². The molecule has 3 unspecified atom stereocenters. The van der Waals surface area contributed by atoms with Gasteiger partial charge in [-0.2, -0.15) is 0 Å². The zero-order chi connectivity index (χ0) is 15.0. The van der Waals surface area contributed by atoms with Gasteiger partial charge >= 0.3 is 6.09 Å². The van der Waals surface area contributed by atoms with Crippen molar-refractivity contribution in [3.8, 4) is 0 Å². The third-order valence-corrected chi connectivity index (χ3v) is 5.78. The van der Waals surface area contributed by atoms with Crippen molar-refractivity contribution >= 4 is 17.9 Å². The van der Waals surface area contributed by atoms with Crippen LogP contribution in [0.3, 0.4) is 0 Å². The Morgan fingerprint density at radius 1 is 1.40 bits per heavy atom. The van der Waals surface area contributed by atoms with Crippen LogP contribution in [0.15, 0.2) is 0 Å². The number of nitrogens with zero attached hydrogens (tertiary/aromatic N) is 1. The lowest BCUT2D eigenvalue weighted by atomic mass is 9.92. The van der Waals surface area contributed by atoms with Crippen LogP contribution >= 0.6 is 11.8 Å². The quantitative estimate of drug-likeness (QED) is 0.746. The van der Waals surface area contributed by atoms with Gasteiger partial charge in [-0.3, -0.25) is 5.32 Å². The first-order chi connectivity index (χ1) is 9.22. The summed E-state index contributed by atoms with van der Waals surface area (Å²) >= 11 is 2.04. The number of likely N-dealkylation sites (tertiary alicyclic amines) is 1. The molecule has 2 rings (SSSR count). The standard InChI is InChI=1S/C15H28N2O2S/c1-11-10-17(13(18)19-14(3,4)5)8-7-15(11)16-12(2)6-9-20-15/h11-12,16H,6-10H2,1-5H3. The maximum Gasteiger partial charge on any atom is 0.410 e. The Hall–Kier alpha value is -0.420. The Balaban J connectivity index is 1.96. The van der Waals surface area contributed by atoms with Gasteiger partial charge in [0.1, 0.15) is 5.60 Å². The first kappa shape index (κ1) is 16.0. The Morgan fingerprint density at radius 3 is 2.65 bits per heavy atom. The van der Waals surface area contributed by atoms with Crippen molar-refractivity contribution in [3.63, 3.8) is 0 Å². The van der Waals surface area contributed by atoms with Gasteiger partial charge in [0.25, 0.3) is 0 Å². The van der Waals surface area contributed by atoms with Crippen LogP contribution in [0.25, 0.3) is 0 Å². The Labute approximate surface area is 127 Å². The first-order valence-electron chi connectivity index (χ1n) is 7.61. The zero-order valence-electron chi connectivity index (χ0n) is 13.4. The lowest BCUT2D eigenvalue weighted by Crippen LogP contribution is -2.61. The van der Waals surface area contributed by atoms with E-state index in [-0.39, 0.29) is 11.0 Å². The summed E-state index contributed by atoms with van der Waals surface area (Å²) in [5, 5.41) is 3.77. The van der Waals surface area contributed by atoms with E-state index in [1.807, 2.05) is 37.4 Å². The Kier molecular flexibility index (Phi) is 4.59. The fourth-order valence-electron chi connectivity index (χ4n) is 2.99. The van der Waals surface area contributed by atoms with Gasteiger partial charge in [-0.25, -0.2) is 4.79 Å². The van der Waals surface area contributed by atoms with E-state index in [0.29, 0.717) is 12.0 Å². The molecule has 1 N–H and O–H groups in total. The van der Waals surface area contributed by atoms with E-state index >= 15 is 0 Å². The molecule has 0 aliphatic carbocycles. The van der Waals surface area contributed by atoms with Crippen LogP contribution in [0.5, 0.6) is 0 Å². The van der Waals surface area contributed by atoms with E-state index in [1.165, 1.54) is 12.2 Å². The molecule has 0 radical (unpaired) electrons. The average molecular weight is 300 g/mol. The fourth-order valence-corrected chi connectivity index (χ4v) is 4.70. The summed E-state index contributed by atoms with van der Waals surface area (Å²) in [5.41, 5.74) is -0.415. The second-order valence-corrected chi connectivity index (χ2v) is 8.57. The van der Waals surface area contributed by atoms with Crippen LogP contribution in [0.2, 0.25) is 0 Å². The van der Waals surface area contributed by atoms with Crippen LogP contribution in [-0.4, -0.2) is 46.3 Å². The molecule has 20 heavy (non-hydrogen) atoms.